The van der Waals surface area contributed by atoms with Crippen LogP contribution in [0.4, 0.5) is 0 Å². The minimum atomic E-state index is -0.665. The summed E-state index contributed by atoms with van der Waals surface area (Å²) in [4.78, 5) is 2.37. The fraction of sp³-hybridized carbons (Fsp3) is 0.333. The predicted molar refractivity (Wildman–Crippen MR) is 95.0 cm³/mol. The third kappa shape index (κ3) is 2.43. The molecule has 3 saturated heterocycles. The summed E-state index contributed by atoms with van der Waals surface area (Å²) in [5.74, 6) is 0.411. The van der Waals surface area contributed by atoms with Gasteiger partial charge in [-0.05, 0) is 54.1 Å². The SMILES string of the molecule is C=Cc1ccccc1C1(O)CN2CCC1CC2.c1cc2ccc1-2. The van der Waals surface area contributed by atoms with E-state index in [9.17, 15) is 5.11 Å². The van der Waals surface area contributed by atoms with Crippen LogP contribution in [0.5, 0.6) is 0 Å². The van der Waals surface area contributed by atoms with Crippen LogP contribution < -0.4 is 0 Å². The van der Waals surface area contributed by atoms with E-state index in [1.165, 1.54) is 11.1 Å². The van der Waals surface area contributed by atoms with Gasteiger partial charge in [0.1, 0.15) is 5.60 Å². The van der Waals surface area contributed by atoms with Crippen molar-refractivity contribution < 1.29 is 5.11 Å². The standard InChI is InChI=1S/C15H19NO.C6H4/c1-2-12-5-3-4-6-14(12)15(17)11-16-9-7-13(15)8-10-16;1-2-6-4-3-5(1)6/h2-6,13,17H,1,7-11H2;1-4H. The number of nitrogens with zero attached hydrogens (tertiary/aromatic N) is 1. The third-order valence-corrected chi connectivity index (χ3v) is 5.59. The maximum atomic E-state index is 11.1. The Morgan fingerprint density at radius 2 is 1.61 bits per heavy atom. The Bertz CT molecular complexity index is 692. The summed E-state index contributed by atoms with van der Waals surface area (Å²) in [7, 11) is 0. The molecule has 1 N–H and O–H groups in total. The molecule has 6 rings (SSSR count). The van der Waals surface area contributed by atoms with Gasteiger partial charge in [0.2, 0.25) is 0 Å². The molecule has 5 aliphatic rings. The van der Waals surface area contributed by atoms with E-state index in [1.807, 2.05) is 24.3 Å². The van der Waals surface area contributed by atoms with Crippen molar-refractivity contribution in [1.29, 1.82) is 0 Å². The molecule has 23 heavy (non-hydrogen) atoms. The van der Waals surface area contributed by atoms with E-state index in [0.717, 1.165) is 43.6 Å². The quantitative estimate of drug-likeness (QED) is 0.776. The topological polar surface area (TPSA) is 23.5 Å². The van der Waals surface area contributed by atoms with Crippen LogP contribution >= 0.6 is 0 Å². The average Bonchev–Trinajstić information content (AvgIpc) is 2.59. The molecular formula is C21H23NO. The molecule has 0 amide bonds. The molecule has 1 unspecified atom stereocenters. The van der Waals surface area contributed by atoms with Gasteiger partial charge in [0, 0.05) is 6.54 Å². The maximum absolute atomic E-state index is 11.1. The first-order valence-electron chi connectivity index (χ1n) is 8.48. The Balaban J connectivity index is 0.000000186. The highest BCUT2D eigenvalue weighted by atomic mass is 16.3. The molecule has 2 bridgehead atoms. The van der Waals surface area contributed by atoms with Crippen LogP contribution in [0.25, 0.3) is 17.2 Å². The van der Waals surface area contributed by atoms with Crippen molar-refractivity contribution in [3.05, 3.63) is 66.2 Å². The van der Waals surface area contributed by atoms with Crippen LogP contribution in [0.3, 0.4) is 0 Å². The maximum Gasteiger partial charge on any atom is 0.106 e. The molecule has 0 saturated carbocycles. The number of hydrogen-bond donors (Lipinski definition) is 1. The van der Waals surface area contributed by atoms with Crippen molar-refractivity contribution in [2.45, 2.75) is 18.4 Å². The van der Waals surface area contributed by atoms with Crippen molar-refractivity contribution in [1.82, 2.24) is 4.90 Å². The smallest absolute Gasteiger partial charge is 0.106 e. The molecule has 3 heterocycles. The molecular weight excluding hydrogens is 282 g/mol. The fourth-order valence-electron chi connectivity index (χ4n) is 4.08. The van der Waals surface area contributed by atoms with Gasteiger partial charge in [0.15, 0.2) is 0 Å². The number of hydrogen-bond acceptors (Lipinski definition) is 2. The second kappa shape index (κ2) is 5.63. The first kappa shape index (κ1) is 14.7. The van der Waals surface area contributed by atoms with Gasteiger partial charge < -0.3 is 10.0 Å². The molecule has 0 spiro atoms. The van der Waals surface area contributed by atoms with Gasteiger partial charge in [0.05, 0.1) is 0 Å². The van der Waals surface area contributed by atoms with Crippen LogP contribution in [0, 0.1) is 5.92 Å². The lowest BCUT2D eigenvalue weighted by Gasteiger charge is -2.51. The van der Waals surface area contributed by atoms with Gasteiger partial charge in [0.25, 0.3) is 0 Å². The number of benzene rings is 2. The van der Waals surface area contributed by atoms with E-state index in [0.29, 0.717) is 5.92 Å². The van der Waals surface area contributed by atoms with Crippen molar-refractivity contribution in [3.8, 4) is 11.1 Å². The minimum absolute atomic E-state index is 0.411. The molecule has 1 atom stereocenters. The van der Waals surface area contributed by atoms with Gasteiger partial charge in [-0.3, -0.25) is 0 Å². The Morgan fingerprint density at radius 1 is 1.00 bits per heavy atom. The lowest BCUT2D eigenvalue weighted by Crippen LogP contribution is -2.57. The van der Waals surface area contributed by atoms with Crippen LogP contribution in [0.15, 0.2) is 55.1 Å². The first-order chi connectivity index (χ1) is 11.2. The summed E-state index contributed by atoms with van der Waals surface area (Å²) < 4.78 is 0. The van der Waals surface area contributed by atoms with Gasteiger partial charge >= 0.3 is 0 Å². The van der Waals surface area contributed by atoms with Crippen LogP contribution in [0.2, 0.25) is 0 Å². The molecule has 1 aromatic carbocycles. The van der Waals surface area contributed by atoms with Crippen molar-refractivity contribution >= 4 is 6.08 Å². The molecule has 2 nitrogen and oxygen atoms in total. The van der Waals surface area contributed by atoms with E-state index in [2.05, 4.69) is 41.8 Å². The van der Waals surface area contributed by atoms with Gasteiger partial charge in [-0.2, -0.15) is 0 Å². The van der Waals surface area contributed by atoms with Gasteiger partial charge in [-0.1, -0.05) is 61.2 Å². The predicted octanol–water partition coefficient (Wildman–Crippen LogP) is 3.91. The zero-order valence-electron chi connectivity index (χ0n) is 13.4. The van der Waals surface area contributed by atoms with E-state index in [1.54, 1.807) is 0 Å². The summed E-state index contributed by atoms with van der Waals surface area (Å²) >= 11 is 0. The Labute approximate surface area is 138 Å². The summed E-state index contributed by atoms with van der Waals surface area (Å²) in [5, 5.41) is 11.1. The lowest BCUT2D eigenvalue weighted by molar-refractivity contribution is -0.117. The molecule has 3 aliphatic heterocycles. The normalized spacial score (nSPS) is 29.4. The largest absolute Gasteiger partial charge is 0.384 e. The second-order valence-corrected chi connectivity index (χ2v) is 6.84. The molecule has 3 fully saturated rings. The lowest BCUT2D eigenvalue weighted by atomic mass is 9.70. The van der Waals surface area contributed by atoms with E-state index >= 15 is 0 Å². The summed E-state index contributed by atoms with van der Waals surface area (Å²) in [5.41, 5.74) is 4.32. The highest BCUT2D eigenvalue weighted by Gasteiger charge is 2.47. The van der Waals surface area contributed by atoms with E-state index in [4.69, 9.17) is 0 Å². The molecule has 118 valence electrons. The fourth-order valence-corrected chi connectivity index (χ4v) is 4.08. The zero-order valence-corrected chi connectivity index (χ0v) is 13.4. The average molecular weight is 305 g/mol. The number of rotatable bonds is 2. The molecule has 0 radical (unpaired) electrons. The highest BCUT2D eigenvalue weighted by molar-refractivity contribution is 5.75. The van der Waals surface area contributed by atoms with Crippen LogP contribution in [-0.4, -0.2) is 29.6 Å². The van der Waals surface area contributed by atoms with Gasteiger partial charge in [-0.25, -0.2) is 0 Å². The summed E-state index contributed by atoms with van der Waals surface area (Å²) in [6.07, 6.45) is 4.08. The third-order valence-electron chi connectivity index (χ3n) is 5.59. The summed E-state index contributed by atoms with van der Waals surface area (Å²) in [6.45, 7) is 6.92. The van der Waals surface area contributed by atoms with Crippen molar-refractivity contribution in [2.75, 3.05) is 19.6 Å². The Hall–Kier alpha value is -1.90. The van der Waals surface area contributed by atoms with Crippen molar-refractivity contribution in [2.24, 2.45) is 5.92 Å². The Kier molecular flexibility index (Phi) is 3.59. The van der Waals surface area contributed by atoms with Crippen LogP contribution in [0.1, 0.15) is 24.0 Å². The van der Waals surface area contributed by atoms with Gasteiger partial charge in [-0.15, -0.1) is 0 Å². The minimum Gasteiger partial charge on any atom is -0.384 e. The monoisotopic (exact) mass is 305 g/mol. The van der Waals surface area contributed by atoms with E-state index in [-0.39, 0.29) is 0 Å². The first-order valence-corrected chi connectivity index (χ1v) is 8.48. The second-order valence-electron chi connectivity index (χ2n) is 6.84. The zero-order chi connectivity index (χ0) is 15.9. The van der Waals surface area contributed by atoms with Crippen molar-refractivity contribution in [3.63, 3.8) is 0 Å². The molecule has 1 aromatic rings. The number of piperidine rings is 3. The summed E-state index contributed by atoms with van der Waals surface area (Å²) in [6, 6.07) is 16.6. The number of aliphatic hydroxyl groups is 1. The Morgan fingerprint density at radius 3 is 2.04 bits per heavy atom. The van der Waals surface area contributed by atoms with E-state index < -0.39 is 5.60 Å². The molecule has 0 aromatic heterocycles. The highest BCUT2D eigenvalue weighted by Crippen LogP contribution is 2.43. The molecule has 2 aliphatic carbocycles. The molecule has 2 heteroatoms. The number of fused-ring (bicyclic) bond motifs is 4. The van der Waals surface area contributed by atoms with Crippen LogP contribution in [-0.2, 0) is 5.60 Å².